The second kappa shape index (κ2) is 9.82. The van der Waals surface area contributed by atoms with E-state index in [2.05, 4.69) is 4.99 Å². The van der Waals surface area contributed by atoms with Crippen molar-refractivity contribution in [1.29, 1.82) is 5.41 Å². The van der Waals surface area contributed by atoms with Crippen molar-refractivity contribution in [3.63, 3.8) is 0 Å². The maximum absolute atomic E-state index is 12.8. The van der Waals surface area contributed by atoms with Gasteiger partial charge < -0.3 is 9.47 Å². The molecule has 0 bridgehead atoms. The monoisotopic (exact) mass is 501 g/mol. The van der Waals surface area contributed by atoms with Crippen LogP contribution in [0.3, 0.4) is 0 Å². The van der Waals surface area contributed by atoms with Crippen molar-refractivity contribution >= 4 is 52.0 Å². The number of nitrogens with one attached hydrogen (secondary N) is 1. The Bertz CT molecular complexity index is 1400. The predicted molar refractivity (Wildman–Crippen MR) is 141 cm³/mol. The molecule has 0 spiro atoms. The first-order chi connectivity index (χ1) is 17.0. The maximum atomic E-state index is 12.8. The smallest absolute Gasteiger partial charge is 0.283 e. The van der Waals surface area contributed by atoms with Gasteiger partial charge in [-0.05, 0) is 47.0 Å². The van der Waals surface area contributed by atoms with Gasteiger partial charge in [0.05, 0.1) is 18.4 Å². The molecule has 1 amide bonds. The van der Waals surface area contributed by atoms with Crippen LogP contribution in [0.15, 0.2) is 88.8 Å². The van der Waals surface area contributed by atoms with Crippen LogP contribution in [-0.2, 0) is 11.4 Å². The van der Waals surface area contributed by atoms with Gasteiger partial charge in [0, 0.05) is 10.4 Å². The van der Waals surface area contributed by atoms with Crippen LogP contribution in [0.2, 0.25) is 5.02 Å². The summed E-state index contributed by atoms with van der Waals surface area (Å²) in [6.45, 7) is 0.357. The standard InChI is InChI=1S/C27H20ClN3O3S/c1-33-24-14-18(9-12-23(24)34-15-17-7-10-20(28)11-8-17)13-21-25(29)31-22(19-5-3-2-4-6-19)16-35-27(31)30-26(21)32/h2-14,16,29H,15H2,1H3/b21-13-,29-25?. The average Bonchev–Trinajstić information content (AvgIpc) is 3.31. The molecule has 2 aliphatic rings. The Morgan fingerprint density at radius 3 is 2.57 bits per heavy atom. The normalized spacial score (nSPS) is 16.2. The Balaban J connectivity index is 1.39. The lowest BCUT2D eigenvalue weighted by atomic mass is 10.1. The van der Waals surface area contributed by atoms with E-state index in [1.165, 1.54) is 11.8 Å². The molecule has 0 aliphatic carbocycles. The van der Waals surface area contributed by atoms with Crippen molar-refractivity contribution in [1.82, 2.24) is 4.90 Å². The third-order valence-electron chi connectivity index (χ3n) is 5.49. The van der Waals surface area contributed by atoms with Crippen molar-refractivity contribution in [3.8, 4) is 11.5 Å². The van der Waals surface area contributed by atoms with E-state index in [1.807, 2.05) is 66.1 Å². The van der Waals surface area contributed by atoms with Gasteiger partial charge >= 0.3 is 0 Å². The van der Waals surface area contributed by atoms with Crippen LogP contribution in [-0.4, -0.2) is 28.9 Å². The number of amides is 1. The minimum atomic E-state index is -0.446. The average molecular weight is 502 g/mol. The first-order valence-corrected chi connectivity index (χ1v) is 12.0. The summed E-state index contributed by atoms with van der Waals surface area (Å²) >= 11 is 7.28. The molecule has 35 heavy (non-hydrogen) atoms. The van der Waals surface area contributed by atoms with E-state index in [0.717, 1.165) is 16.8 Å². The van der Waals surface area contributed by atoms with Crippen molar-refractivity contribution in [2.24, 2.45) is 4.99 Å². The molecule has 8 heteroatoms. The van der Waals surface area contributed by atoms with Crippen LogP contribution in [0.4, 0.5) is 0 Å². The maximum Gasteiger partial charge on any atom is 0.283 e. The SMILES string of the molecule is COc1cc(/C=C2/C(=N)N3C(c4ccccc4)=CSC3=NC2=O)ccc1OCc1ccc(Cl)cc1. The summed E-state index contributed by atoms with van der Waals surface area (Å²) in [5, 5.41) is 11.9. The highest BCUT2D eigenvalue weighted by Gasteiger charge is 2.36. The molecule has 0 atom stereocenters. The van der Waals surface area contributed by atoms with Crippen molar-refractivity contribution in [2.75, 3.05) is 7.11 Å². The minimum Gasteiger partial charge on any atom is -0.493 e. The molecule has 5 rings (SSSR count). The number of hydrogen-bond donors (Lipinski definition) is 1. The number of aliphatic imine (C=N–C) groups is 1. The van der Waals surface area contributed by atoms with E-state index in [-0.39, 0.29) is 11.4 Å². The van der Waals surface area contributed by atoms with E-state index in [9.17, 15) is 4.79 Å². The lowest BCUT2D eigenvalue weighted by molar-refractivity contribution is -0.114. The zero-order valence-electron chi connectivity index (χ0n) is 18.7. The summed E-state index contributed by atoms with van der Waals surface area (Å²) in [6, 6.07) is 22.6. The molecule has 0 saturated carbocycles. The Hall–Kier alpha value is -3.81. The van der Waals surface area contributed by atoms with Gasteiger partial charge in [-0.15, -0.1) is 0 Å². The summed E-state index contributed by atoms with van der Waals surface area (Å²) in [4.78, 5) is 18.7. The molecule has 2 heterocycles. The Morgan fingerprint density at radius 1 is 1.06 bits per heavy atom. The van der Waals surface area contributed by atoms with Crippen LogP contribution in [0.25, 0.3) is 11.8 Å². The molecule has 1 N–H and O–H groups in total. The molecule has 2 aliphatic heterocycles. The van der Waals surface area contributed by atoms with Gasteiger partial charge in [0.25, 0.3) is 5.91 Å². The zero-order valence-corrected chi connectivity index (χ0v) is 20.3. The van der Waals surface area contributed by atoms with E-state index < -0.39 is 5.91 Å². The van der Waals surface area contributed by atoms with Gasteiger partial charge in [-0.2, -0.15) is 4.99 Å². The molecule has 3 aromatic carbocycles. The Kier molecular flexibility index (Phi) is 6.44. The molecule has 0 unspecified atom stereocenters. The lowest BCUT2D eigenvalue weighted by Gasteiger charge is -2.27. The van der Waals surface area contributed by atoms with Crippen molar-refractivity contribution in [2.45, 2.75) is 6.61 Å². The molecular weight excluding hydrogens is 482 g/mol. The quantitative estimate of drug-likeness (QED) is 0.405. The molecule has 0 fully saturated rings. The van der Waals surface area contributed by atoms with Crippen molar-refractivity contribution < 1.29 is 14.3 Å². The highest BCUT2D eigenvalue weighted by Crippen LogP contribution is 2.37. The number of carbonyl (C=O) groups excluding carboxylic acids is 1. The van der Waals surface area contributed by atoms with Gasteiger partial charge in [-0.1, -0.05) is 71.9 Å². The number of fused-ring (bicyclic) bond motifs is 1. The van der Waals surface area contributed by atoms with Gasteiger partial charge in [0.2, 0.25) is 0 Å². The van der Waals surface area contributed by atoms with Crippen LogP contribution >= 0.6 is 23.4 Å². The number of benzene rings is 3. The number of carbonyl (C=O) groups is 1. The number of hydrogen-bond acceptors (Lipinski definition) is 5. The molecule has 0 aromatic heterocycles. The van der Waals surface area contributed by atoms with Crippen LogP contribution in [0.5, 0.6) is 11.5 Å². The highest BCUT2D eigenvalue weighted by molar-refractivity contribution is 8.17. The number of amidine groups is 2. The summed E-state index contributed by atoms with van der Waals surface area (Å²) in [7, 11) is 1.56. The van der Waals surface area contributed by atoms with E-state index in [0.29, 0.717) is 33.9 Å². The molecule has 3 aromatic rings. The van der Waals surface area contributed by atoms with Gasteiger partial charge in [-0.3, -0.25) is 15.1 Å². The summed E-state index contributed by atoms with van der Waals surface area (Å²) < 4.78 is 11.4. The molecule has 0 radical (unpaired) electrons. The molecule has 0 saturated heterocycles. The number of methoxy groups -OCH3 is 1. The molecular formula is C27H20ClN3O3S. The summed E-state index contributed by atoms with van der Waals surface area (Å²) in [5.41, 5.74) is 3.65. The molecule has 174 valence electrons. The van der Waals surface area contributed by atoms with Gasteiger partial charge in [-0.25, -0.2) is 0 Å². The van der Waals surface area contributed by atoms with Crippen LogP contribution in [0.1, 0.15) is 16.7 Å². The fourth-order valence-corrected chi connectivity index (χ4v) is 4.73. The lowest BCUT2D eigenvalue weighted by Crippen LogP contribution is -2.38. The second-order valence-corrected chi connectivity index (χ2v) is 9.03. The largest absolute Gasteiger partial charge is 0.493 e. The number of rotatable bonds is 6. The Labute approximate surface area is 212 Å². The Morgan fingerprint density at radius 2 is 1.83 bits per heavy atom. The van der Waals surface area contributed by atoms with Crippen molar-refractivity contribution in [3.05, 3.63) is 105 Å². The van der Waals surface area contributed by atoms with Gasteiger partial charge in [0.15, 0.2) is 16.7 Å². The first-order valence-electron chi connectivity index (χ1n) is 10.7. The number of halogens is 1. The van der Waals surface area contributed by atoms with E-state index >= 15 is 0 Å². The zero-order chi connectivity index (χ0) is 24.4. The van der Waals surface area contributed by atoms with E-state index in [1.54, 1.807) is 30.2 Å². The number of thioether (sulfide) groups is 1. The topological polar surface area (TPSA) is 75.0 Å². The first kappa shape index (κ1) is 23.0. The molecule has 6 nitrogen and oxygen atoms in total. The third-order valence-corrected chi connectivity index (χ3v) is 6.57. The highest BCUT2D eigenvalue weighted by atomic mass is 35.5. The predicted octanol–water partition coefficient (Wildman–Crippen LogP) is 6.23. The fraction of sp³-hybridized carbons (Fsp3) is 0.0741. The minimum absolute atomic E-state index is 0.0853. The third kappa shape index (κ3) is 4.73. The van der Waals surface area contributed by atoms with Gasteiger partial charge in [0.1, 0.15) is 12.4 Å². The summed E-state index contributed by atoms with van der Waals surface area (Å²) in [5.74, 6) is 0.731. The summed E-state index contributed by atoms with van der Waals surface area (Å²) in [6.07, 6.45) is 1.65. The van der Waals surface area contributed by atoms with E-state index in [4.69, 9.17) is 26.5 Å². The number of ether oxygens (including phenoxy) is 2. The van der Waals surface area contributed by atoms with Crippen LogP contribution in [0, 0.1) is 5.41 Å². The second-order valence-electron chi connectivity index (χ2n) is 7.75. The fourth-order valence-electron chi connectivity index (χ4n) is 3.72. The van der Waals surface area contributed by atoms with Crippen LogP contribution < -0.4 is 9.47 Å². The number of nitrogens with zero attached hydrogens (tertiary/aromatic N) is 2.